The van der Waals surface area contributed by atoms with Crippen molar-refractivity contribution >= 4 is 16.9 Å². The van der Waals surface area contributed by atoms with Gasteiger partial charge in [-0.25, -0.2) is 0 Å². The second-order valence-electron chi connectivity index (χ2n) is 6.90. The smallest absolute Gasteiger partial charge is 0.228 e. The van der Waals surface area contributed by atoms with Gasteiger partial charge in [0.2, 0.25) is 5.89 Å². The molecule has 0 radical (unpaired) electrons. The van der Waals surface area contributed by atoms with Crippen molar-refractivity contribution in [2.45, 2.75) is 39.5 Å². The molecule has 0 saturated heterocycles. The van der Waals surface area contributed by atoms with Crippen molar-refractivity contribution in [3.63, 3.8) is 0 Å². The van der Waals surface area contributed by atoms with Gasteiger partial charge in [0.05, 0.1) is 0 Å². The highest BCUT2D eigenvalue weighted by molar-refractivity contribution is 5.84. The lowest BCUT2D eigenvalue weighted by molar-refractivity contribution is 0.371. The Kier molecular flexibility index (Phi) is 6.11. The van der Waals surface area contributed by atoms with E-state index in [1.165, 1.54) is 22.2 Å². The van der Waals surface area contributed by atoms with Crippen molar-refractivity contribution in [3.8, 4) is 0 Å². The van der Waals surface area contributed by atoms with Gasteiger partial charge in [0, 0.05) is 49.1 Å². The van der Waals surface area contributed by atoms with E-state index in [4.69, 9.17) is 4.52 Å². The number of nitrogens with one attached hydrogen (secondary N) is 3. The van der Waals surface area contributed by atoms with Gasteiger partial charge in [0.25, 0.3) is 0 Å². The molecule has 7 nitrogen and oxygen atoms in total. The average molecular weight is 368 g/mol. The maximum absolute atomic E-state index is 5.26. The van der Waals surface area contributed by atoms with Crippen LogP contribution < -0.4 is 10.6 Å². The first-order valence-electron chi connectivity index (χ1n) is 9.41. The zero-order valence-corrected chi connectivity index (χ0v) is 16.5. The molecule has 144 valence electrons. The number of guanidine groups is 1. The van der Waals surface area contributed by atoms with Gasteiger partial charge in [-0.05, 0) is 25.0 Å². The monoisotopic (exact) mass is 368 g/mol. The Hall–Kier alpha value is -2.83. The minimum Gasteiger partial charge on any atom is -0.358 e. The molecule has 2 heterocycles. The Balaban J connectivity index is 1.47. The van der Waals surface area contributed by atoms with Crippen LogP contribution in [0.4, 0.5) is 0 Å². The van der Waals surface area contributed by atoms with Crippen molar-refractivity contribution in [3.05, 3.63) is 47.2 Å². The molecular weight excluding hydrogens is 340 g/mol. The van der Waals surface area contributed by atoms with Crippen LogP contribution in [0.2, 0.25) is 0 Å². The van der Waals surface area contributed by atoms with Gasteiger partial charge in [-0.15, -0.1) is 0 Å². The normalized spacial score (nSPS) is 12.1. The van der Waals surface area contributed by atoms with Crippen LogP contribution in [0.1, 0.15) is 42.7 Å². The fourth-order valence-corrected chi connectivity index (χ4v) is 3.08. The van der Waals surface area contributed by atoms with Gasteiger partial charge < -0.3 is 20.1 Å². The van der Waals surface area contributed by atoms with E-state index >= 15 is 0 Å². The second-order valence-corrected chi connectivity index (χ2v) is 6.90. The molecule has 7 heteroatoms. The number of aromatic nitrogens is 3. The highest BCUT2D eigenvalue weighted by atomic mass is 16.5. The molecule has 0 saturated carbocycles. The molecule has 0 aliphatic rings. The van der Waals surface area contributed by atoms with E-state index in [0.717, 1.165) is 24.7 Å². The van der Waals surface area contributed by atoms with Crippen LogP contribution in [0.25, 0.3) is 10.9 Å². The number of benzene rings is 1. The molecule has 0 fully saturated rings. The Morgan fingerprint density at radius 1 is 1.19 bits per heavy atom. The summed E-state index contributed by atoms with van der Waals surface area (Å²) in [6, 6.07) is 8.41. The third kappa shape index (κ3) is 4.67. The van der Waals surface area contributed by atoms with Crippen molar-refractivity contribution < 1.29 is 4.52 Å². The number of rotatable bonds is 7. The zero-order chi connectivity index (χ0) is 19.2. The average Bonchev–Trinajstić information content (AvgIpc) is 3.25. The first-order valence-corrected chi connectivity index (χ1v) is 9.41. The van der Waals surface area contributed by atoms with Gasteiger partial charge in [-0.2, -0.15) is 4.98 Å². The van der Waals surface area contributed by atoms with E-state index < -0.39 is 0 Å². The molecule has 0 aliphatic carbocycles. The quantitative estimate of drug-likeness (QED) is 0.441. The summed E-state index contributed by atoms with van der Waals surface area (Å²) >= 11 is 0. The summed E-state index contributed by atoms with van der Waals surface area (Å²) in [5.41, 5.74) is 3.76. The van der Waals surface area contributed by atoms with Crippen LogP contribution in [0, 0.1) is 6.92 Å². The van der Waals surface area contributed by atoms with Crippen molar-refractivity contribution in [2.24, 2.45) is 4.99 Å². The molecule has 0 unspecified atom stereocenters. The lowest BCUT2D eigenvalue weighted by Crippen LogP contribution is -2.39. The van der Waals surface area contributed by atoms with E-state index in [-0.39, 0.29) is 5.92 Å². The molecule has 0 atom stereocenters. The number of nitrogens with zero attached hydrogens (tertiary/aromatic N) is 3. The number of fused-ring (bicyclic) bond motifs is 1. The largest absolute Gasteiger partial charge is 0.358 e. The fraction of sp³-hybridized carbons (Fsp3) is 0.450. The fourth-order valence-electron chi connectivity index (χ4n) is 3.08. The molecule has 3 rings (SSSR count). The summed E-state index contributed by atoms with van der Waals surface area (Å²) in [7, 11) is 1.77. The Morgan fingerprint density at radius 3 is 2.63 bits per heavy atom. The molecule has 0 amide bonds. The molecule has 1 aromatic carbocycles. The Labute approximate surface area is 159 Å². The third-order valence-electron chi connectivity index (χ3n) is 4.55. The van der Waals surface area contributed by atoms with Crippen LogP contribution in [0.3, 0.4) is 0 Å². The summed E-state index contributed by atoms with van der Waals surface area (Å²) in [5, 5.41) is 11.9. The highest BCUT2D eigenvalue weighted by Crippen LogP contribution is 2.21. The van der Waals surface area contributed by atoms with Gasteiger partial charge >= 0.3 is 0 Å². The topological polar surface area (TPSA) is 91.1 Å². The molecule has 2 aromatic heterocycles. The predicted octanol–water partition coefficient (Wildman–Crippen LogP) is 2.93. The van der Waals surface area contributed by atoms with Crippen LogP contribution in [0.15, 0.2) is 33.8 Å². The first-order chi connectivity index (χ1) is 13.1. The van der Waals surface area contributed by atoms with Gasteiger partial charge in [0.15, 0.2) is 11.8 Å². The minimum absolute atomic E-state index is 0.276. The van der Waals surface area contributed by atoms with Crippen LogP contribution in [0.5, 0.6) is 0 Å². The van der Waals surface area contributed by atoms with E-state index in [1.54, 1.807) is 7.05 Å². The van der Waals surface area contributed by atoms with E-state index in [9.17, 15) is 0 Å². The summed E-state index contributed by atoms with van der Waals surface area (Å²) in [6.07, 6.45) is 1.60. The second kappa shape index (κ2) is 8.70. The molecular formula is C20H28N6O. The molecule has 27 heavy (non-hydrogen) atoms. The molecule has 0 spiro atoms. The molecule has 0 aliphatic heterocycles. The zero-order valence-electron chi connectivity index (χ0n) is 16.5. The molecule has 3 aromatic rings. The molecule has 0 bridgehead atoms. The highest BCUT2D eigenvalue weighted by Gasteiger charge is 2.10. The van der Waals surface area contributed by atoms with E-state index in [1.807, 2.05) is 13.8 Å². The Morgan fingerprint density at radius 2 is 1.93 bits per heavy atom. The third-order valence-corrected chi connectivity index (χ3v) is 4.55. The van der Waals surface area contributed by atoms with Crippen molar-refractivity contribution in [2.75, 3.05) is 20.1 Å². The van der Waals surface area contributed by atoms with E-state index in [2.05, 4.69) is 61.9 Å². The van der Waals surface area contributed by atoms with Crippen molar-refractivity contribution in [1.82, 2.24) is 25.8 Å². The number of aryl methyl sites for hydroxylation is 1. The SMILES string of the molecule is CN=C(NCCc1nc(C(C)C)no1)NCCc1c(C)[nH]c2ccccc12. The maximum Gasteiger partial charge on any atom is 0.228 e. The van der Waals surface area contributed by atoms with Crippen LogP contribution in [-0.2, 0) is 12.8 Å². The number of H-pyrrole nitrogens is 1. The van der Waals surface area contributed by atoms with Crippen molar-refractivity contribution in [1.29, 1.82) is 0 Å². The van der Waals surface area contributed by atoms with E-state index in [0.29, 0.717) is 18.9 Å². The maximum atomic E-state index is 5.26. The Bertz CT molecular complexity index is 908. The summed E-state index contributed by atoms with van der Waals surface area (Å²) in [6.45, 7) is 7.71. The number of hydrogen-bond acceptors (Lipinski definition) is 4. The first kappa shape index (κ1) is 18.9. The summed E-state index contributed by atoms with van der Waals surface area (Å²) in [4.78, 5) is 12.1. The lowest BCUT2D eigenvalue weighted by Gasteiger charge is -2.11. The predicted molar refractivity (Wildman–Crippen MR) is 108 cm³/mol. The van der Waals surface area contributed by atoms with Crippen LogP contribution >= 0.6 is 0 Å². The minimum atomic E-state index is 0.276. The van der Waals surface area contributed by atoms with Gasteiger partial charge in [0.1, 0.15) is 0 Å². The summed E-state index contributed by atoms with van der Waals surface area (Å²) < 4.78 is 5.26. The number of para-hydroxylation sites is 1. The summed E-state index contributed by atoms with van der Waals surface area (Å²) in [5.74, 6) is 2.45. The number of aliphatic imine (C=N–C) groups is 1. The van der Waals surface area contributed by atoms with Gasteiger partial charge in [-0.1, -0.05) is 37.2 Å². The van der Waals surface area contributed by atoms with Crippen LogP contribution in [-0.4, -0.2) is 41.2 Å². The van der Waals surface area contributed by atoms with Gasteiger partial charge in [-0.3, -0.25) is 4.99 Å². The number of aromatic amines is 1. The lowest BCUT2D eigenvalue weighted by atomic mass is 10.1. The molecule has 3 N–H and O–H groups in total. The standard InChI is InChI=1S/C20H28N6O/c1-13(2)19-25-18(27-26-19)10-12-23-20(21-4)22-11-9-15-14(3)24-17-8-6-5-7-16(15)17/h5-8,13,24H,9-12H2,1-4H3,(H2,21,22,23). The number of hydrogen-bond donors (Lipinski definition) is 3.